The Balaban J connectivity index is 1.71. The Kier molecular flexibility index (Phi) is 3.52. The molecule has 0 spiro atoms. The highest BCUT2D eigenvalue weighted by Gasteiger charge is 2.39. The van der Waals surface area contributed by atoms with Crippen LogP contribution in [0.15, 0.2) is 48.5 Å². The number of anilines is 1. The summed E-state index contributed by atoms with van der Waals surface area (Å²) in [5, 5.41) is 10.1. The number of carbonyl (C=O) groups excluding carboxylic acids is 2. The van der Waals surface area contributed by atoms with Crippen LogP contribution in [0.3, 0.4) is 0 Å². The number of hydrogen-bond acceptors (Lipinski definition) is 5. The highest BCUT2D eigenvalue weighted by Crippen LogP contribution is 2.24. The van der Waals surface area contributed by atoms with E-state index in [1.807, 2.05) is 0 Å². The van der Waals surface area contributed by atoms with Crippen molar-refractivity contribution < 1.29 is 19.4 Å². The lowest BCUT2D eigenvalue weighted by Gasteiger charge is -2.21. The summed E-state index contributed by atoms with van der Waals surface area (Å²) in [4.78, 5) is 25.2. The first kappa shape index (κ1) is 14.1. The number of hydrogen-bond donors (Lipinski definition) is 2. The van der Waals surface area contributed by atoms with Gasteiger partial charge in [-0.25, -0.2) is 4.90 Å². The normalized spacial score (nSPS) is 14.9. The van der Waals surface area contributed by atoms with E-state index in [0.29, 0.717) is 22.6 Å². The molecule has 1 unspecified atom stereocenters. The van der Waals surface area contributed by atoms with Gasteiger partial charge in [-0.15, -0.1) is 0 Å². The van der Waals surface area contributed by atoms with E-state index < -0.39 is 18.0 Å². The number of fused-ring (bicyclic) bond motifs is 1. The fourth-order valence-corrected chi connectivity index (χ4v) is 2.29. The Morgan fingerprint density at radius 2 is 1.55 bits per heavy atom. The number of nitrogens with two attached hydrogens (primary N) is 1. The van der Waals surface area contributed by atoms with Crippen molar-refractivity contribution in [1.29, 1.82) is 0 Å². The van der Waals surface area contributed by atoms with E-state index in [1.165, 1.54) is 0 Å². The Morgan fingerprint density at radius 1 is 1.00 bits per heavy atom. The summed E-state index contributed by atoms with van der Waals surface area (Å²) in [5.41, 5.74) is 6.74. The first-order chi connectivity index (χ1) is 10.6. The molecule has 0 bridgehead atoms. The minimum Gasteiger partial charge on any atom is -0.489 e. The summed E-state index contributed by atoms with van der Waals surface area (Å²) < 4.78 is 5.38. The van der Waals surface area contributed by atoms with Gasteiger partial charge in [-0.1, -0.05) is 12.1 Å². The first-order valence-electron chi connectivity index (χ1n) is 6.71. The molecular formula is C16H14N2O4. The maximum Gasteiger partial charge on any atom is 0.263 e. The molecule has 3 rings (SSSR count). The molecule has 0 fully saturated rings. The molecule has 1 aliphatic rings. The maximum absolute atomic E-state index is 12.2. The molecule has 112 valence electrons. The summed E-state index contributed by atoms with van der Waals surface area (Å²) in [6, 6.07) is 13.1. The van der Waals surface area contributed by atoms with E-state index in [9.17, 15) is 14.7 Å². The molecule has 0 saturated carbocycles. The van der Waals surface area contributed by atoms with Crippen molar-refractivity contribution in [1.82, 2.24) is 4.90 Å². The van der Waals surface area contributed by atoms with E-state index in [0.717, 1.165) is 4.90 Å². The van der Waals surface area contributed by atoms with Crippen molar-refractivity contribution in [3.63, 3.8) is 0 Å². The van der Waals surface area contributed by atoms with Crippen LogP contribution in [0, 0.1) is 0 Å². The molecule has 2 aromatic rings. The minimum atomic E-state index is -1.36. The molecule has 2 amide bonds. The molecular weight excluding hydrogens is 284 g/mol. The lowest BCUT2D eigenvalue weighted by Crippen LogP contribution is -2.43. The monoisotopic (exact) mass is 298 g/mol. The zero-order valence-electron chi connectivity index (χ0n) is 11.6. The number of imide groups is 1. The summed E-state index contributed by atoms with van der Waals surface area (Å²) in [6.07, 6.45) is -1.36. The van der Waals surface area contributed by atoms with Gasteiger partial charge in [0.05, 0.1) is 11.1 Å². The molecule has 6 heteroatoms. The molecule has 2 aromatic carbocycles. The molecule has 1 aliphatic heterocycles. The summed E-state index contributed by atoms with van der Waals surface area (Å²) in [7, 11) is 0. The predicted octanol–water partition coefficient (Wildman–Crippen LogP) is 1.26. The van der Waals surface area contributed by atoms with Crippen LogP contribution in [0.5, 0.6) is 5.75 Å². The maximum atomic E-state index is 12.2. The smallest absolute Gasteiger partial charge is 0.263 e. The van der Waals surface area contributed by atoms with Gasteiger partial charge >= 0.3 is 0 Å². The van der Waals surface area contributed by atoms with Crippen LogP contribution in [-0.4, -0.2) is 34.7 Å². The van der Waals surface area contributed by atoms with E-state index in [-0.39, 0.29) is 6.61 Å². The van der Waals surface area contributed by atoms with Gasteiger partial charge in [0.15, 0.2) is 6.23 Å². The molecule has 0 aromatic heterocycles. The van der Waals surface area contributed by atoms with Crippen molar-refractivity contribution in [3.8, 4) is 5.75 Å². The number of rotatable bonds is 4. The summed E-state index contributed by atoms with van der Waals surface area (Å²) >= 11 is 0. The topological polar surface area (TPSA) is 92.9 Å². The predicted molar refractivity (Wildman–Crippen MR) is 79.3 cm³/mol. The van der Waals surface area contributed by atoms with E-state index in [4.69, 9.17) is 10.5 Å². The average Bonchev–Trinajstić information content (AvgIpc) is 2.79. The molecule has 22 heavy (non-hydrogen) atoms. The third-order valence-corrected chi connectivity index (χ3v) is 3.40. The number of benzene rings is 2. The van der Waals surface area contributed by atoms with Crippen molar-refractivity contribution in [2.45, 2.75) is 6.23 Å². The standard InChI is InChI=1S/C16H14N2O4/c17-10-5-7-11(8-6-10)22-9-14(19)18-15(20)12-3-1-2-4-13(12)16(18)21/h1-8,14,19H,9,17H2. The molecule has 3 N–H and O–H groups in total. The largest absolute Gasteiger partial charge is 0.489 e. The zero-order chi connectivity index (χ0) is 15.7. The number of aliphatic hydroxyl groups is 1. The molecule has 0 saturated heterocycles. The third-order valence-electron chi connectivity index (χ3n) is 3.40. The van der Waals surface area contributed by atoms with Crippen molar-refractivity contribution in [3.05, 3.63) is 59.7 Å². The lowest BCUT2D eigenvalue weighted by atomic mass is 10.1. The van der Waals surface area contributed by atoms with Gasteiger partial charge < -0.3 is 15.6 Å². The second-order valence-electron chi connectivity index (χ2n) is 4.89. The quantitative estimate of drug-likeness (QED) is 0.655. The number of aliphatic hydroxyl groups excluding tert-OH is 1. The summed E-state index contributed by atoms with van der Waals surface area (Å²) in [6.45, 7) is -0.213. The molecule has 0 radical (unpaired) electrons. The van der Waals surface area contributed by atoms with Crippen LogP contribution in [0.25, 0.3) is 0 Å². The average molecular weight is 298 g/mol. The van der Waals surface area contributed by atoms with Crippen LogP contribution in [0.2, 0.25) is 0 Å². The first-order valence-corrected chi connectivity index (χ1v) is 6.71. The van der Waals surface area contributed by atoms with Crippen LogP contribution in [-0.2, 0) is 0 Å². The van der Waals surface area contributed by atoms with Crippen molar-refractivity contribution in [2.24, 2.45) is 0 Å². The number of nitrogens with zero attached hydrogens (tertiary/aromatic N) is 1. The van der Waals surface area contributed by atoms with Crippen molar-refractivity contribution >= 4 is 17.5 Å². The van der Waals surface area contributed by atoms with Gasteiger partial charge in [-0.05, 0) is 36.4 Å². The van der Waals surface area contributed by atoms with Crippen molar-refractivity contribution in [2.75, 3.05) is 12.3 Å². The number of amides is 2. The molecule has 6 nitrogen and oxygen atoms in total. The lowest BCUT2D eigenvalue weighted by molar-refractivity contribution is -0.00634. The Labute approximate surface area is 126 Å². The Hall–Kier alpha value is -2.86. The highest BCUT2D eigenvalue weighted by molar-refractivity contribution is 6.21. The second-order valence-corrected chi connectivity index (χ2v) is 4.89. The Bertz CT molecular complexity index is 692. The van der Waals surface area contributed by atoms with Crippen LogP contribution < -0.4 is 10.5 Å². The molecule has 1 heterocycles. The van der Waals surface area contributed by atoms with Gasteiger partial charge in [0, 0.05) is 5.69 Å². The number of nitrogen functional groups attached to an aromatic ring is 1. The van der Waals surface area contributed by atoms with E-state index >= 15 is 0 Å². The van der Waals surface area contributed by atoms with Gasteiger partial charge in [0.1, 0.15) is 12.4 Å². The fraction of sp³-hybridized carbons (Fsp3) is 0.125. The van der Waals surface area contributed by atoms with Gasteiger partial charge in [-0.3, -0.25) is 9.59 Å². The second kappa shape index (κ2) is 5.50. The highest BCUT2D eigenvalue weighted by atomic mass is 16.5. The van der Waals surface area contributed by atoms with E-state index in [2.05, 4.69) is 0 Å². The number of carbonyl (C=O) groups is 2. The minimum absolute atomic E-state index is 0.213. The van der Waals surface area contributed by atoms with Crippen LogP contribution in [0.4, 0.5) is 5.69 Å². The number of ether oxygens (including phenoxy) is 1. The van der Waals surface area contributed by atoms with Gasteiger partial charge in [0.25, 0.3) is 11.8 Å². The Morgan fingerprint density at radius 3 is 2.09 bits per heavy atom. The fourth-order valence-electron chi connectivity index (χ4n) is 2.29. The van der Waals surface area contributed by atoms with Crippen LogP contribution in [0.1, 0.15) is 20.7 Å². The zero-order valence-corrected chi connectivity index (χ0v) is 11.6. The van der Waals surface area contributed by atoms with E-state index in [1.54, 1.807) is 48.5 Å². The third kappa shape index (κ3) is 2.40. The molecule has 1 atom stereocenters. The molecule has 0 aliphatic carbocycles. The van der Waals surface area contributed by atoms with Gasteiger partial charge in [-0.2, -0.15) is 0 Å². The van der Waals surface area contributed by atoms with Gasteiger partial charge in [0.2, 0.25) is 0 Å². The van der Waals surface area contributed by atoms with Crippen LogP contribution >= 0.6 is 0 Å². The summed E-state index contributed by atoms with van der Waals surface area (Å²) in [5.74, 6) is -0.548. The SMILES string of the molecule is Nc1ccc(OCC(O)N2C(=O)c3ccccc3C2=O)cc1.